The van der Waals surface area contributed by atoms with Crippen molar-refractivity contribution in [2.75, 3.05) is 5.73 Å². The fourth-order valence-electron chi connectivity index (χ4n) is 2.19. The Morgan fingerprint density at radius 2 is 2.20 bits per heavy atom. The van der Waals surface area contributed by atoms with Gasteiger partial charge in [-0.15, -0.1) is 5.10 Å². The van der Waals surface area contributed by atoms with Crippen LogP contribution in [0.1, 0.15) is 47.5 Å². The third-order valence-corrected chi connectivity index (χ3v) is 3.28. The fraction of sp³-hybridized carbons (Fsp3) is 0.286. The average Bonchev–Trinajstić information content (AvgIpc) is 3.26. The van der Waals surface area contributed by atoms with E-state index in [4.69, 9.17) is 10.2 Å². The molecule has 0 aliphatic carbocycles. The van der Waals surface area contributed by atoms with Crippen molar-refractivity contribution in [3.63, 3.8) is 0 Å². The number of rotatable bonds is 5. The van der Waals surface area contributed by atoms with E-state index in [1.807, 2.05) is 20.8 Å². The van der Waals surface area contributed by atoms with Crippen molar-refractivity contribution in [3.05, 3.63) is 35.0 Å². The van der Waals surface area contributed by atoms with Crippen LogP contribution in [0, 0.1) is 6.92 Å². The largest absolute Gasteiger partial charge is 0.460 e. The SMILES string of the molecule is Cc1ccc(/C=N\NC(=O)c2nnn(-c3nonc3N)c2C(C)C)o1. The van der Waals surface area contributed by atoms with Crippen molar-refractivity contribution in [2.24, 2.45) is 5.10 Å². The number of hydrogen-bond acceptors (Lipinski definition) is 9. The summed E-state index contributed by atoms with van der Waals surface area (Å²) in [7, 11) is 0. The number of carbonyl (C=O) groups is 1. The number of nitrogen functional groups attached to an aromatic ring is 1. The molecule has 3 aromatic rings. The number of nitrogens with two attached hydrogens (primary N) is 1. The van der Waals surface area contributed by atoms with Crippen molar-refractivity contribution in [1.82, 2.24) is 30.7 Å². The lowest BCUT2D eigenvalue weighted by Crippen LogP contribution is -2.20. The molecule has 0 fully saturated rings. The fourth-order valence-corrected chi connectivity index (χ4v) is 2.19. The van der Waals surface area contributed by atoms with Crippen LogP contribution in [0.5, 0.6) is 0 Å². The van der Waals surface area contributed by atoms with Crippen LogP contribution in [-0.4, -0.2) is 37.4 Å². The molecule has 0 aliphatic heterocycles. The predicted octanol–water partition coefficient (Wildman–Crippen LogP) is 1.02. The van der Waals surface area contributed by atoms with E-state index in [1.54, 1.807) is 12.1 Å². The quantitative estimate of drug-likeness (QED) is 0.514. The minimum Gasteiger partial charge on any atom is -0.460 e. The van der Waals surface area contributed by atoms with Gasteiger partial charge in [0.25, 0.3) is 5.91 Å². The second-order valence-corrected chi connectivity index (χ2v) is 5.51. The van der Waals surface area contributed by atoms with Crippen LogP contribution in [0.2, 0.25) is 0 Å². The molecule has 1 amide bonds. The Kier molecular flexibility index (Phi) is 4.29. The van der Waals surface area contributed by atoms with Crippen LogP contribution >= 0.6 is 0 Å². The molecule has 3 heterocycles. The number of hydrazone groups is 1. The third kappa shape index (κ3) is 3.24. The molecule has 0 aliphatic rings. The van der Waals surface area contributed by atoms with E-state index in [0.29, 0.717) is 11.5 Å². The number of nitrogens with one attached hydrogen (secondary N) is 1. The van der Waals surface area contributed by atoms with Crippen LogP contribution in [0.3, 0.4) is 0 Å². The Balaban J connectivity index is 1.84. The Hall–Kier alpha value is -3.50. The number of amides is 1. The van der Waals surface area contributed by atoms with Gasteiger partial charge in [-0.1, -0.05) is 19.1 Å². The highest BCUT2D eigenvalue weighted by Gasteiger charge is 2.25. The lowest BCUT2D eigenvalue weighted by molar-refractivity contribution is 0.0948. The Morgan fingerprint density at radius 3 is 2.80 bits per heavy atom. The highest BCUT2D eigenvalue weighted by Crippen LogP contribution is 2.22. The van der Waals surface area contributed by atoms with Gasteiger partial charge in [-0.3, -0.25) is 4.79 Å². The van der Waals surface area contributed by atoms with E-state index in [9.17, 15) is 4.79 Å². The molecule has 0 radical (unpaired) electrons. The molecule has 0 unspecified atom stereocenters. The van der Waals surface area contributed by atoms with Gasteiger partial charge >= 0.3 is 0 Å². The summed E-state index contributed by atoms with van der Waals surface area (Å²) < 4.78 is 11.2. The van der Waals surface area contributed by atoms with Gasteiger partial charge < -0.3 is 10.2 Å². The summed E-state index contributed by atoms with van der Waals surface area (Å²) in [5, 5.41) is 18.9. The highest BCUT2D eigenvalue weighted by atomic mass is 16.6. The summed E-state index contributed by atoms with van der Waals surface area (Å²) >= 11 is 0. The first-order valence-electron chi connectivity index (χ1n) is 7.41. The van der Waals surface area contributed by atoms with E-state index in [-0.39, 0.29) is 23.2 Å². The van der Waals surface area contributed by atoms with Crippen LogP contribution < -0.4 is 11.2 Å². The van der Waals surface area contributed by atoms with Crippen LogP contribution in [-0.2, 0) is 0 Å². The number of anilines is 1. The van der Waals surface area contributed by atoms with Crippen LogP contribution in [0.4, 0.5) is 5.82 Å². The summed E-state index contributed by atoms with van der Waals surface area (Å²) in [6, 6.07) is 3.53. The summed E-state index contributed by atoms with van der Waals surface area (Å²) in [4.78, 5) is 12.4. The van der Waals surface area contributed by atoms with Gasteiger partial charge in [-0.25, -0.2) is 10.1 Å². The van der Waals surface area contributed by atoms with Gasteiger partial charge in [-0.05, 0) is 35.3 Å². The average molecular weight is 344 g/mol. The maximum absolute atomic E-state index is 12.4. The molecule has 0 saturated carbocycles. The molecule has 3 rings (SSSR count). The molecule has 3 N–H and O–H groups in total. The first-order chi connectivity index (χ1) is 12.0. The molecule has 0 aromatic carbocycles. The van der Waals surface area contributed by atoms with Gasteiger partial charge in [-0.2, -0.15) is 9.78 Å². The zero-order chi connectivity index (χ0) is 18.0. The normalized spacial score (nSPS) is 11.5. The van der Waals surface area contributed by atoms with Gasteiger partial charge in [0.1, 0.15) is 11.5 Å². The third-order valence-electron chi connectivity index (χ3n) is 3.28. The van der Waals surface area contributed by atoms with Crippen molar-refractivity contribution < 1.29 is 13.8 Å². The summed E-state index contributed by atoms with van der Waals surface area (Å²) in [6.45, 7) is 5.57. The molecule has 0 saturated heterocycles. The minimum absolute atomic E-state index is 0.0463. The van der Waals surface area contributed by atoms with Gasteiger partial charge in [0.2, 0.25) is 11.6 Å². The number of aromatic nitrogens is 5. The molecule has 11 nitrogen and oxygen atoms in total. The van der Waals surface area contributed by atoms with Gasteiger partial charge in [0, 0.05) is 0 Å². The molecule has 11 heteroatoms. The summed E-state index contributed by atoms with van der Waals surface area (Å²) in [6.07, 6.45) is 1.39. The van der Waals surface area contributed by atoms with E-state index in [0.717, 1.165) is 5.76 Å². The molecule has 0 atom stereocenters. The molecule has 0 spiro atoms. The molecule has 3 aromatic heterocycles. The Bertz CT molecular complexity index is 920. The minimum atomic E-state index is -0.524. The van der Waals surface area contributed by atoms with Crippen LogP contribution in [0.25, 0.3) is 5.82 Å². The van der Waals surface area contributed by atoms with E-state index in [2.05, 4.69) is 35.8 Å². The van der Waals surface area contributed by atoms with Crippen molar-refractivity contribution >= 4 is 17.9 Å². The monoisotopic (exact) mass is 344 g/mol. The van der Waals surface area contributed by atoms with E-state index in [1.165, 1.54) is 10.9 Å². The summed E-state index contributed by atoms with van der Waals surface area (Å²) in [5.41, 5.74) is 8.68. The van der Waals surface area contributed by atoms with E-state index < -0.39 is 5.91 Å². The zero-order valence-electron chi connectivity index (χ0n) is 13.8. The zero-order valence-corrected chi connectivity index (χ0v) is 13.8. The molecule has 130 valence electrons. The molecule has 25 heavy (non-hydrogen) atoms. The van der Waals surface area contributed by atoms with Crippen LogP contribution in [0.15, 0.2) is 26.3 Å². The lowest BCUT2D eigenvalue weighted by atomic mass is 10.1. The standard InChI is InChI=1S/C14H16N8O3/c1-7(2)11-10(17-21-22(11)13-12(15)19-25-20-13)14(23)18-16-6-9-5-4-8(3)24-9/h4-7H,1-3H3,(H2,15,19)(H,18,23)/b16-6-. The summed E-state index contributed by atoms with van der Waals surface area (Å²) in [5.74, 6) is 0.867. The van der Waals surface area contributed by atoms with Gasteiger partial charge in [0.05, 0.1) is 11.9 Å². The van der Waals surface area contributed by atoms with Crippen molar-refractivity contribution in [3.8, 4) is 5.82 Å². The second-order valence-electron chi connectivity index (χ2n) is 5.51. The first-order valence-corrected chi connectivity index (χ1v) is 7.41. The molecule has 0 bridgehead atoms. The van der Waals surface area contributed by atoms with Gasteiger partial charge in [0.15, 0.2) is 5.69 Å². The number of furan rings is 1. The second kappa shape index (κ2) is 6.55. The first kappa shape index (κ1) is 16.4. The Labute approximate surface area is 141 Å². The topological polar surface area (TPSA) is 150 Å². The Morgan fingerprint density at radius 1 is 1.40 bits per heavy atom. The maximum Gasteiger partial charge on any atom is 0.293 e. The smallest absolute Gasteiger partial charge is 0.293 e. The molecular weight excluding hydrogens is 328 g/mol. The van der Waals surface area contributed by atoms with E-state index >= 15 is 0 Å². The number of nitrogens with zero attached hydrogens (tertiary/aromatic N) is 6. The molecular formula is C14H16N8O3. The maximum atomic E-state index is 12.4. The highest BCUT2D eigenvalue weighted by molar-refractivity contribution is 5.94. The number of hydrogen-bond donors (Lipinski definition) is 2. The predicted molar refractivity (Wildman–Crippen MR) is 86.2 cm³/mol. The van der Waals surface area contributed by atoms with Crippen molar-refractivity contribution in [2.45, 2.75) is 26.7 Å². The number of carbonyl (C=O) groups excluding carboxylic acids is 1. The van der Waals surface area contributed by atoms with Crippen molar-refractivity contribution in [1.29, 1.82) is 0 Å². The number of aryl methyl sites for hydroxylation is 1. The lowest BCUT2D eigenvalue weighted by Gasteiger charge is -2.07.